The molecule has 0 bridgehead atoms. The van der Waals surface area contributed by atoms with Crippen molar-refractivity contribution < 1.29 is 9.59 Å². The molecule has 5 nitrogen and oxygen atoms in total. The smallest absolute Gasteiger partial charge is 0.219 e. The average molecular weight is 235 g/mol. The Bertz CT molecular complexity index is 392. The summed E-state index contributed by atoms with van der Waals surface area (Å²) in [5.41, 5.74) is 0.652. The normalized spacial score (nSPS) is 17.1. The number of nitrogens with zero attached hydrogens (tertiary/aromatic N) is 2. The first-order valence-electron chi connectivity index (χ1n) is 5.81. The van der Waals surface area contributed by atoms with Gasteiger partial charge in [-0.1, -0.05) is 0 Å². The van der Waals surface area contributed by atoms with Crippen LogP contribution in [0.3, 0.4) is 0 Å². The standard InChI is InChI=1S/C12H17N3O2/c1-10(16)15-7-5-14(6-8-15)9-12(17)11-3-2-4-13-11/h2-4,13H,5-9H2,1H3. The van der Waals surface area contributed by atoms with E-state index in [2.05, 4.69) is 9.88 Å². The van der Waals surface area contributed by atoms with Crippen LogP contribution in [0, 0.1) is 0 Å². The summed E-state index contributed by atoms with van der Waals surface area (Å²) in [6.45, 7) is 4.98. The lowest BCUT2D eigenvalue weighted by molar-refractivity contribution is -0.130. The molecular weight excluding hydrogens is 218 g/mol. The molecule has 0 atom stereocenters. The summed E-state index contributed by atoms with van der Waals surface area (Å²) in [7, 11) is 0. The Labute approximate surface area is 100 Å². The summed E-state index contributed by atoms with van der Waals surface area (Å²) in [6, 6.07) is 3.61. The van der Waals surface area contributed by atoms with Crippen molar-refractivity contribution in [1.29, 1.82) is 0 Å². The summed E-state index contributed by atoms with van der Waals surface area (Å²) in [4.78, 5) is 29.8. The number of Topliss-reactive ketones (excluding diaryl/α,β-unsaturated/α-hetero) is 1. The molecule has 1 aromatic heterocycles. The fourth-order valence-electron chi connectivity index (χ4n) is 2.01. The minimum Gasteiger partial charge on any atom is -0.359 e. The molecule has 1 aliphatic rings. The fraction of sp³-hybridized carbons (Fsp3) is 0.500. The van der Waals surface area contributed by atoms with Crippen molar-refractivity contribution in [3.63, 3.8) is 0 Å². The van der Waals surface area contributed by atoms with E-state index in [4.69, 9.17) is 0 Å². The highest BCUT2D eigenvalue weighted by Gasteiger charge is 2.20. The molecule has 0 spiro atoms. The van der Waals surface area contributed by atoms with Gasteiger partial charge < -0.3 is 9.88 Å². The lowest BCUT2D eigenvalue weighted by Crippen LogP contribution is -2.49. The first-order chi connectivity index (χ1) is 8.16. The molecule has 2 rings (SSSR count). The number of amides is 1. The Morgan fingerprint density at radius 3 is 2.53 bits per heavy atom. The van der Waals surface area contributed by atoms with Crippen LogP contribution in [-0.2, 0) is 4.79 Å². The van der Waals surface area contributed by atoms with E-state index in [-0.39, 0.29) is 11.7 Å². The first-order valence-corrected chi connectivity index (χ1v) is 5.81. The van der Waals surface area contributed by atoms with Crippen molar-refractivity contribution in [3.8, 4) is 0 Å². The number of aromatic amines is 1. The van der Waals surface area contributed by atoms with Crippen LogP contribution < -0.4 is 0 Å². The van der Waals surface area contributed by atoms with Gasteiger partial charge in [-0.15, -0.1) is 0 Å². The quantitative estimate of drug-likeness (QED) is 0.770. The molecule has 1 saturated heterocycles. The zero-order valence-electron chi connectivity index (χ0n) is 9.98. The molecule has 17 heavy (non-hydrogen) atoms. The summed E-state index contributed by atoms with van der Waals surface area (Å²) in [5.74, 6) is 0.214. The molecule has 1 aromatic rings. The van der Waals surface area contributed by atoms with E-state index in [1.54, 1.807) is 19.2 Å². The van der Waals surface area contributed by atoms with Gasteiger partial charge in [0, 0.05) is 39.3 Å². The highest BCUT2D eigenvalue weighted by molar-refractivity contribution is 5.95. The Hall–Kier alpha value is -1.62. The molecule has 0 aromatic carbocycles. The van der Waals surface area contributed by atoms with E-state index >= 15 is 0 Å². The van der Waals surface area contributed by atoms with Gasteiger partial charge in [-0.25, -0.2) is 0 Å². The number of carbonyl (C=O) groups is 2. The first kappa shape index (κ1) is 11.9. The van der Waals surface area contributed by atoms with Gasteiger partial charge in [0.25, 0.3) is 0 Å². The highest BCUT2D eigenvalue weighted by Crippen LogP contribution is 2.04. The van der Waals surface area contributed by atoms with Crippen LogP contribution in [0.4, 0.5) is 0 Å². The van der Waals surface area contributed by atoms with E-state index in [0.717, 1.165) is 13.1 Å². The van der Waals surface area contributed by atoms with Crippen LogP contribution in [0.1, 0.15) is 17.4 Å². The second kappa shape index (κ2) is 5.14. The Morgan fingerprint density at radius 1 is 1.29 bits per heavy atom. The number of hydrogen-bond acceptors (Lipinski definition) is 3. The van der Waals surface area contributed by atoms with Gasteiger partial charge in [0.2, 0.25) is 5.91 Å². The molecule has 2 heterocycles. The van der Waals surface area contributed by atoms with Crippen molar-refractivity contribution in [2.75, 3.05) is 32.7 Å². The van der Waals surface area contributed by atoms with Crippen molar-refractivity contribution in [1.82, 2.24) is 14.8 Å². The second-order valence-corrected chi connectivity index (χ2v) is 4.29. The van der Waals surface area contributed by atoms with Crippen LogP contribution in [0.2, 0.25) is 0 Å². The molecule has 1 fully saturated rings. The fourth-order valence-corrected chi connectivity index (χ4v) is 2.01. The summed E-state index contributed by atoms with van der Waals surface area (Å²) in [5, 5.41) is 0. The van der Waals surface area contributed by atoms with E-state index < -0.39 is 0 Å². The third kappa shape index (κ3) is 2.94. The van der Waals surface area contributed by atoms with Crippen LogP contribution >= 0.6 is 0 Å². The van der Waals surface area contributed by atoms with Gasteiger partial charge in [0.1, 0.15) is 0 Å². The molecule has 1 N–H and O–H groups in total. The van der Waals surface area contributed by atoms with Crippen LogP contribution in [0.5, 0.6) is 0 Å². The Kier molecular flexibility index (Phi) is 3.58. The maximum atomic E-state index is 11.8. The van der Waals surface area contributed by atoms with Crippen LogP contribution in [-0.4, -0.2) is 59.2 Å². The molecule has 1 amide bonds. The highest BCUT2D eigenvalue weighted by atomic mass is 16.2. The molecule has 0 aliphatic carbocycles. The predicted molar refractivity (Wildman–Crippen MR) is 63.8 cm³/mol. The third-order valence-electron chi connectivity index (χ3n) is 3.08. The molecular formula is C12H17N3O2. The van der Waals surface area contributed by atoms with E-state index in [1.165, 1.54) is 0 Å². The van der Waals surface area contributed by atoms with E-state index in [1.807, 2.05) is 11.0 Å². The number of hydrogen-bond donors (Lipinski definition) is 1. The van der Waals surface area contributed by atoms with Crippen LogP contribution in [0.15, 0.2) is 18.3 Å². The van der Waals surface area contributed by atoms with Gasteiger partial charge in [0.05, 0.1) is 12.2 Å². The summed E-state index contributed by atoms with van der Waals surface area (Å²) >= 11 is 0. The molecule has 1 aliphatic heterocycles. The van der Waals surface area contributed by atoms with E-state index in [0.29, 0.717) is 25.3 Å². The average Bonchev–Trinajstić information content (AvgIpc) is 2.83. The zero-order chi connectivity index (χ0) is 12.3. The number of nitrogens with one attached hydrogen (secondary N) is 1. The summed E-state index contributed by atoms with van der Waals surface area (Å²) < 4.78 is 0. The Balaban J connectivity index is 1.82. The van der Waals surface area contributed by atoms with Crippen molar-refractivity contribution in [2.24, 2.45) is 0 Å². The minimum absolute atomic E-state index is 0.103. The predicted octanol–water partition coefficient (Wildman–Crippen LogP) is 0.361. The molecule has 0 radical (unpaired) electrons. The number of carbonyl (C=O) groups excluding carboxylic acids is 2. The van der Waals surface area contributed by atoms with Gasteiger partial charge in [0.15, 0.2) is 5.78 Å². The maximum absolute atomic E-state index is 11.8. The number of H-pyrrole nitrogens is 1. The lowest BCUT2D eigenvalue weighted by atomic mass is 10.2. The second-order valence-electron chi connectivity index (χ2n) is 4.29. The van der Waals surface area contributed by atoms with Crippen molar-refractivity contribution >= 4 is 11.7 Å². The number of ketones is 1. The van der Waals surface area contributed by atoms with Gasteiger partial charge in [-0.05, 0) is 12.1 Å². The monoisotopic (exact) mass is 235 g/mol. The van der Waals surface area contributed by atoms with Crippen LogP contribution in [0.25, 0.3) is 0 Å². The third-order valence-corrected chi connectivity index (χ3v) is 3.08. The van der Waals surface area contributed by atoms with Gasteiger partial charge >= 0.3 is 0 Å². The molecule has 0 unspecified atom stereocenters. The largest absolute Gasteiger partial charge is 0.359 e. The number of rotatable bonds is 3. The van der Waals surface area contributed by atoms with Crippen molar-refractivity contribution in [2.45, 2.75) is 6.92 Å². The molecule has 5 heteroatoms. The van der Waals surface area contributed by atoms with Crippen molar-refractivity contribution in [3.05, 3.63) is 24.0 Å². The molecule has 0 saturated carbocycles. The lowest BCUT2D eigenvalue weighted by Gasteiger charge is -2.33. The molecule has 92 valence electrons. The van der Waals surface area contributed by atoms with E-state index in [9.17, 15) is 9.59 Å². The SMILES string of the molecule is CC(=O)N1CCN(CC(=O)c2ccc[nH]2)CC1. The zero-order valence-corrected chi connectivity index (χ0v) is 9.98. The maximum Gasteiger partial charge on any atom is 0.219 e. The Morgan fingerprint density at radius 2 is 2.00 bits per heavy atom. The topological polar surface area (TPSA) is 56.4 Å². The van der Waals surface area contributed by atoms with Gasteiger partial charge in [-0.3, -0.25) is 14.5 Å². The number of aromatic nitrogens is 1. The number of piperazine rings is 1. The summed E-state index contributed by atoms with van der Waals surface area (Å²) in [6.07, 6.45) is 1.75. The van der Waals surface area contributed by atoms with Gasteiger partial charge in [-0.2, -0.15) is 0 Å². The minimum atomic E-state index is 0.103.